The summed E-state index contributed by atoms with van der Waals surface area (Å²) < 4.78 is 5.53. The van der Waals surface area contributed by atoms with Gasteiger partial charge in [0.25, 0.3) is 5.91 Å². The predicted molar refractivity (Wildman–Crippen MR) is 80.9 cm³/mol. The molecule has 0 bridgehead atoms. The van der Waals surface area contributed by atoms with Gasteiger partial charge in [0.05, 0.1) is 24.0 Å². The van der Waals surface area contributed by atoms with E-state index in [0.29, 0.717) is 23.9 Å². The highest BCUT2D eigenvalue weighted by Gasteiger charge is 2.13. The zero-order valence-electron chi connectivity index (χ0n) is 11.3. The average Bonchev–Trinajstić information content (AvgIpc) is 2.49. The standard InChI is InChI=1S/C14H13Cl2N3O2/c1-19(14(20)11-8-18-13(16)9-17-11)6-7-21-12-5-3-2-4-10(12)15/h2-5,8-9H,6-7H2,1H3. The molecule has 0 aliphatic rings. The molecule has 1 aromatic heterocycles. The number of carbonyl (C=O) groups is 1. The molecule has 0 spiro atoms. The highest BCUT2D eigenvalue weighted by molar-refractivity contribution is 6.32. The molecule has 0 unspecified atom stereocenters. The van der Waals surface area contributed by atoms with Crippen molar-refractivity contribution in [3.05, 3.63) is 52.5 Å². The Labute approximate surface area is 132 Å². The molecule has 1 heterocycles. The number of hydrogen-bond acceptors (Lipinski definition) is 4. The summed E-state index contributed by atoms with van der Waals surface area (Å²) in [6, 6.07) is 7.17. The predicted octanol–water partition coefficient (Wildman–Crippen LogP) is 2.93. The molecule has 0 atom stereocenters. The number of carbonyl (C=O) groups excluding carboxylic acids is 1. The molecule has 2 rings (SSSR count). The van der Waals surface area contributed by atoms with Gasteiger partial charge in [-0.1, -0.05) is 35.3 Å². The summed E-state index contributed by atoms with van der Waals surface area (Å²) in [5, 5.41) is 0.784. The molecule has 21 heavy (non-hydrogen) atoms. The van der Waals surface area contributed by atoms with Crippen LogP contribution in [0.3, 0.4) is 0 Å². The summed E-state index contributed by atoms with van der Waals surface area (Å²) in [5.41, 5.74) is 0.236. The van der Waals surface area contributed by atoms with Gasteiger partial charge in [0.15, 0.2) is 0 Å². The second-order valence-corrected chi connectivity index (χ2v) is 5.02. The van der Waals surface area contributed by atoms with E-state index in [1.807, 2.05) is 12.1 Å². The lowest BCUT2D eigenvalue weighted by Gasteiger charge is -2.17. The fraction of sp³-hybridized carbons (Fsp3) is 0.214. The first kappa shape index (κ1) is 15.5. The van der Waals surface area contributed by atoms with Gasteiger partial charge in [0.2, 0.25) is 0 Å². The average molecular weight is 326 g/mol. The largest absolute Gasteiger partial charge is 0.490 e. The van der Waals surface area contributed by atoms with Crippen molar-refractivity contribution in [1.82, 2.24) is 14.9 Å². The van der Waals surface area contributed by atoms with Gasteiger partial charge in [-0.3, -0.25) is 4.79 Å². The van der Waals surface area contributed by atoms with Gasteiger partial charge in [-0.25, -0.2) is 9.97 Å². The van der Waals surface area contributed by atoms with Gasteiger partial charge in [-0.15, -0.1) is 0 Å². The number of nitrogens with zero attached hydrogens (tertiary/aromatic N) is 3. The zero-order valence-corrected chi connectivity index (χ0v) is 12.8. The number of benzene rings is 1. The normalized spacial score (nSPS) is 10.2. The van der Waals surface area contributed by atoms with E-state index in [9.17, 15) is 4.79 Å². The monoisotopic (exact) mass is 325 g/mol. The summed E-state index contributed by atoms with van der Waals surface area (Å²) in [4.78, 5) is 21.3. The first-order valence-electron chi connectivity index (χ1n) is 6.18. The number of likely N-dealkylation sites (N-methyl/N-ethyl adjacent to an activating group) is 1. The van der Waals surface area contributed by atoms with Crippen LogP contribution in [0.4, 0.5) is 0 Å². The number of rotatable bonds is 5. The van der Waals surface area contributed by atoms with Crippen molar-refractivity contribution in [3.63, 3.8) is 0 Å². The van der Waals surface area contributed by atoms with Crippen LogP contribution >= 0.6 is 23.2 Å². The first-order chi connectivity index (χ1) is 10.1. The third kappa shape index (κ3) is 4.31. The van der Waals surface area contributed by atoms with Crippen LogP contribution in [0.25, 0.3) is 0 Å². The zero-order chi connectivity index (χ0) is 15.2. The third-order valence-corrected chi connectivity index (χ3v) is 3.21. The van der Waals surface area contributed by atoms with E-state index in [-0.39, 0.29) is 16.8 Å². The molecule has 0 fully saturated rings. The summed E-state index contributed by atoms with van der Waals surface area (Å²) >= 11 is 11.6. The van der Waals surface area contributed by atoms with Crippen LogP contribution in [0.1, 0.15) is 10.5 Å². The molecular formula is C14H13Cl2N3O2. The van der Waals surface area contributed by atoms with Crippen LogP contribution in [0.2, 0.25) is 10.2 Å². The summed E-state index contributed by atoms with van der Waals surface area (Å²) in [6.07, 6.45) is 2.68. The van der Waals surface area contributed by atoms with Crippen molar-refractivity contribution in [2.75, 3.05) is 20.2 Å². The number of halogens is 2. The maximum atomic E-state index is 12.1. The molecule has 2 aromatic rings. The Balaban J connectivity index is 1.87. The second kappa shape index (κ2) is 7.24. The van der Waals surface area contributed by atoms with Crippen molar-refractivity contribution >= 4 is 29.1 Å². The molecular weight excluding hydrogens is 313 g/mol. The maximum Gasteiger partial charge on any atom is 0.273 e. The molecule has 110 valence electrons. The lowest BCUT2D eigenvalue weighted by Crippen LogP contribution is -2.31. The highest BCUT2D eigenvalue weighted by atomic mass is 35.5. The van der Waals surface area contributed by atoms with Gasteiger partial charge in [0.1, 0.15) is 23.2 Å². The van der Waals surface area contributed by atoms with E-state index in [0.717, 1.165) is 0 Å². The topological polar surface area (TPSA) is 55.3 Å². The Morgan fingerprint density at radius 1 is 1.24 bits per heavy atom. The van der Waals surface area contributed by atoms with Crippen LogP contribution in [0.5, 0.6) is 5.75 Å². The lowest BCUT2D eigenvalue weighted by molar-refractivity contribution is 0.0767. The Bertz CT molecular complexity index is 620. The molecule has 1 aromatic carbocycles. The van der Waals surface area contributed by atoms with Gasteiger partial charge < -0.3 is 9.64 Å². The second-order valence-electron chi connectivity index (χ2n) is 4.23. The summed E-state index contributed by atoms with van der Waals surface area (Å²) in [5.74, 6) is 0.341. The fourth-order valence-electron chi connectivity index (χ4n) is 1.57. The molecule has 1 amide bonds. The molecule has 0 radical (unpaired) electrons. The molecule has 7 heteroatoms. The number of aromatic nitrogens is 2. The number of amides is 1. The van der Waals surface area contributed by atoms with E-state index in [2.05, 4.69) is 9.97 Å². The first-order valence-corrected chi connectivity index (χ1v) is 6.94. The molecule has 0 saturated heterocycles. The number of ether oxygens (including phenoxy) is 1. The van der Waals surface area contributed by atoms with Crippen LogP contribution < -0.4 is 4.74 Å². The van der Waals surface area contributed by atoms with Gasteiger partial charge in [-0.05, 0) is 12.1 Å². The van der Waals surface area contributed by atoms with E-state index >= 15 is 0 Å². The molecule has 0 saturated carbocycles. The summed E-state index contributed by atoms with van der Waals surface area (Å²) in [7, 11) is 1.66. The van der Waals surface area contributed by atoms with Crippen LogP contribution in [0, 0.1) is 0 Å². The van der Waals surface area contributed by atoms with E-state index in [4.69, 9.17) is 27.9 Å². The van der Waals surface area contributed by atoms with Gasteiger partial charge in [0, 0.05) is 7.05 Å². The SMILES string of the molecule is CN(CCOc1ccccc1Cl)C(=O)c1cnc(Cl)cn1. The van der Waals surface area contributed by atoms with Crippen molar-refractivity contribution < 1.29 is 9.53 Å². The quantitative estimate of drug-likeness (QED) is 0.848. The minimum absolute atomic E-state index is 0.236. The Hall–Kier alpha value is -1.85. The Morgan fingerprint density at radius 2 is 2.00 bits per heavy atom. The minimum Gasteiger partial charge on any atom is -0.490 e. The van der Waals surface area contributed by atoms with Gasteiger partial charge >= 0.3 is 0 Å². The Morgan fingerprint density at radius 3 is 2.67 bits per heavy atom. The van der Waals surface area contributed by atoms with Crippen LogP contribution in [-0.4, -0.2) is 41.0 Å². The van der Waals surface area contributed by atoms with Crippen LogP contribution in [0.15, 0.2) is 36.7 Å². The van der Waals surface area contributed by atoms with E-state index in [1.54, 1.807) is 19.2 Å². The smallest absolute Gasteiger partial charge is 0.273 e. The fourth-order valence-corrected chi connectivity index (χ4v) is 1.86. The number of para-hydroxylation sites is 1. The van der Waals surface area contributed by atoms with Crippen molar-refractivity contribution in [1.29, 1.82) is 0 Å². The number of hydrogen-bond donors (Lipinski definition) is 0. The summed E-state index contributed by atoms with van der Waals surface area (Å²) in [6.45, 7) is 0.724. The van der Waals surface area contributed by atoms with E-state index < -0.39 is 0 Å². The molecule has 0 aliphatic carbocycles. The van der Waals surface area contributed by atoms with Crippen molar-refractivity contribution in [3.8, 4) is 5.75 Å². The van der Waals surface area contributed by atoms with E-state index in [1.165, 1.54) is 17.3 Å². The molecule has 0 aliphatic heterocycles. The highest BCUT2D eigenvalue weighted by Crippen LogP contribution is 2.22. The molecule has 5 nitrogen and oxygen atoms in total. The van der Waals surface area contributed by atoms with Crippen LogP contribution in [-0.2, 0) is 0 Å². The third-order valence-electron chi connectivity index (χ3n) is 2.71. The Kier molecular flexibility index (Phi) is 5.36. The minimum atomic E-state index is -0.248. The van der Waals surface area contributed by atoms with Gasteiger partial charge in [-0.2, -0.15) is 0 Å². The van der Waals surface area contributed by atoms with Crippen molar-refractivity contribution in [2.45, 2.75) is 0 Å². The van der Waals surface area contributed by atoms with Crippen molar-refractivity contribution in [2.24, 2.45) is 0 Å². The molecule has 0 N–H and O–H groups in total. The maximum absolute atomic E-state index is 12.1. The lowest BCUT2D eigenvalue weighted by atomic mass is 10.3.